The molecule has 1 unspecified atom stereocenters. The highest BCUT2D eigenvalue weighted by molar-refractivity contribution is 5.72. The Kier molecular flexibility index (Phi) is 3.07. The monoisotopic (exact) mass is 210 g/mol. The number of hydrogen-bond acceptors (Lipinski definition) is 2. The van der Waals surface area contributed by atoms with E-state index in [9.17, 15) is 18.0 Å². The SMILES string of the molecule is CC1(CCCC(F)(F)F)CCC(=O)O1. The fourth-order valence-electron chi connectivity index (χ4n) is 1.58. The number of cyclic esters (lactones) is 1. The molecule has 0 N–H and O–H groups in total. The van der Waals surface area contributed by atoms with Gasteiger partial charge in [0.1, 0.15) is 5.60 Å². The molecule has 0 aromatic heterocycles. The van der Waals surface area contributed by atoms with E-state index in [1.807, 2.05) is 0 Å². The van der Waals surface area contributed by atoms with Crippen LogP contribution in [0.5, 0.6) is 0 Å². The van der Waals surface area contributed by atoms with Crippen LogP contribution in [0, 0.1) is 0 Å². The Morgan fingerprint density at radius 1 is 1.50 bits per heavy atom. The van der Waals surface area contributed by atoms with E-state index in [1.165, 1.54) is 0 Å². The van der Waals surface area contributed by atoms with Crippen molar-refractivity contribution in [2.45, 2.75) is 50.8 Å². The summed E-state index contributed by atoms with van der Waals surface area (Å²) in [7, 11) is 0. The minimum Gasteiger partial charge on any atom is -0.459 e. The molecule has 0 bridgehead atoms. The molecule has 1 heterocycles. The van der Waals surface area contributed by atoms with Crippen LogP contribution in [0.15, 0.2) is 0 Å². The van der Waals surface area contributed by atoms with Crippen LogP contribution in [-0.4, -0.2) is 17.7 Å². The lowest BCUT2D eigenvalue weighted by atomic mass is 9.96. The molecule has 0 radical (unpaired) electrons. The Morgan fingerprint density at radius 2 is 2.14 bits per heavy atom. The van der Waals surface area contributed by atoms with E-state index in [0.717, 1.165) is 0 Å². The van der Waals surface area contributed by atoms with Gasteiger partial charge in [-0.15, -0.1) is 0 Å². The first-order valence-electron chi connectivity index (χ1n) is 4.59. The predicted molar refractivity (Wildman–Crippen MR) is 43.6 cm³/mol. The number of alkyl halides is 3. The maximum atomic E-state index is 11.8. The summed E-state index contributed by atoms with van der Waals surface area (Å²) < 4.78 is 40.4. The Hall–Kier alpha value is -0.740. The van der Waals surface area contributed by atoms with Gasteiger partial charge in [0.25, 0.3) is 0 Å². The average Bonchev–Trinajstić information content (AvgIpc) is 2.28. The third-order valence-corrected chi connectivity index (χ3v) is 2.38. The fourth-order valence-corrected chi connectivity index (χ4v) is 1.58. The van der Waals surface area contributed by atoms with Crippen molar-refractivity contribution in [1.82, 2.24) is 0 Å². The van der Waals surface area contributed by atoms with Gasteiger partial charge in [-0.1, -0.05) is 0 Å². The third kappa shape index (κ3) is 3.55. The van der Waals surface area contributed by atoms with Crippen LogP contribution in [0.3, 0.4) is 0 Å². The van der Waals surface area contributed by atoms with E-state index in [4.69, 9.17) is 4.74 Å². The van der Waals surface area contributed by atoms with Crippen molar-refractivity contribution < 1.29 is 22.7 Å². The highest BCUT2D eigenvalue weighted by Gasteiger charge is 2.36. The highest BCUT2D eigenvalue weighted by Crippen LogP contribution is 2.33. The molecule has 82 valence electrons. The zero-order valence-corrected chi connectivity index (χ0v) is 7.99. The van der Waals surface area contributed by atoms with Crippen molar-refractivity contribution in [2.24, 2.45) is 0 Å². The summed E-state index contributed by atoms with van der Waals surface area (Å²) >= 11 is 0. The molecule has 1 fully saturated rings. The molecule has 1 saturated heterocycles. The van der Waals surface area contributed by atoms with Gasteiger partial charge in [-0.25, -0.2) is 0 Å². The number of esters is 1. The Morgan fingerprint density at radius 3 is 2.57 bits per heavy atom. The van der Waals surface area contributed by atoms with Crippen molar-refractivity contribution >= 4 is 5.97 Å². The summed E-state index contributed by atoms with van der Waals surface area (Å²) in [5, 5.41) is 0. The lowest BCUT2D eigenvalue weighted by Crippen LogP contribution is -2.24. The molecular weight excluding hydrogens is 197 g/mol. The van der Waals surface area contributed by atoms with Gasteiger partial charge in [0, 0.05) is 12.8 Å². The number of carbonyl (C=O) groups is 1. The molecule has 0 saturated carbocycles. The minimum absolute atomic E-state index is 0.0211. The number of ether oxygens (including phenoxy) is 1. The first kappa shape index (κ1) is 11.3. The van der Waals surface area contributed by atoms with Gasteiger partial charge in [0.15, 0.2) is 0 Å². The van der Waals surface area contributed by atoms with E-state index < -0.39 is 18.2 Å². The zero-order valence-electron chi connectivity index (χ0n) is 7.99. The predicted octanol–water partition coefficient (Wildman–Crippen LogP) is 2.81. The molecule has 5 heteroatoms. The Bertz CT molecular complexity index is 225. The second-order valence-corrected chi connectivity index (χ2v) is 3.89. The molecule has 0 aliphatic carbocycles. The maximum Gasteiger partial charge on any atom is 0.389 e. The van der Waals surface area contributed by atoms with Crippen molar-refractivity contribution in [3.8, 4) is 0 Å². The molecular formula is C9H13F3O2. The second kappa shape index (κ2) is 3.79. The van der Waals surface area contributed by atoms with E-state index >= 15 is 0 Å². The highest BCUT2D eigenvalue weighted by atomic mass is 19.4. The van der Waals surface area contributed by atoms with Crippen LogP contribution in [-0.2, 0) is 9.53 Å². The standard InChI is InChI=1S/C9H13F3O2/c1-8(6-3-7(13)14-8)4-2-5-9(10,11)12/h2-6H2,1H3. The first-order valence-corrected chi connectivity index (χ1v) is 4.59. The van der Waals surface area contributed by atoms with E-state index in [0.29, 0.717) is 12.8 Å². The molecule has 1 rings (SSSR count). The van der Waals surface area contributed by atoms with Crippen molar-refractivity contribution in [3.05, 3.63) is 0 Å². The van der Waals surface area contributed by atoms with E-state index in [-0.39, 0.29) is 18.8 Å². The smallest absolute Gasteiger partial charge is 0.389 e. The molecule has 1 atom stereocenters. The molecule has 14 heavy (non-hydrogen) atoms. The van der Waals surface area contributed by atoms with Crippen molar-refractivity contribution in [2.75, 3.05) is 0 Å². The summed E-state index contributed by atoms with van der Waals surface area (Å²) in [4.78, 5) is 10.8. The van der Waals surface area contributed by atoms with Crippen LogP contribution in [0.25, 0.3) is 0 Å². The van der Waals surface area contributed by atoms with Crippen LogP contribution < -0.4 is 0 Å². The second-order valence-electron chi connectivity index (χ2n) is 3.89. The van der Waals surface area contributed by atoms with Gasteiger partial charge in [-0.05, 0) is 26.2 Å². The molecule has 1 aliphatic rings. The van der Waals surface area contributed by atoms with Gasteiger partial charge in [-0.3, -0.25) is 4.79 Å². The Labute approximate surface area is 80.4 Å². The first-order chi connectivity index (χ1) is 6.31. The molecule has 2 nitrogen and oxygen atoms in total. The van der Waals surface area contributed by atoms with Gasteiger partial charge >= 0.3 is 12.1 Å². The van der Waals surface area contributed by atoms with Crippen molar-refractivity contribution in [1.29, 1.82) is 0 Å². The topological polar surface area (TPSA) is 26.3 Å². The van der Waals surface area contributed by atoms with E-state index in [2.05, 4.69) is 0 Å². The summed E-state index contributed by atoms with van der Waals surface area (Å²) in [5.74, 6) is -0.306. The number of hydrogen-bond donors (Lipinski definition) is 0. The quantitative estimate of drug-likeness (QED) is 0.669. The average molecular weight is 210 g/mol. The number of carbonyl (C=O) groups excluding carboxylic acids is 1. The van der Waals surface area contributed by atoms with Crippen LogP contribution >= 0.6 is 0 Å². The van der Waals surface area contributed by atoms with Crippen LogP contribution in [0.4, 0.5) is 13.2 Å². The summed E-state index contributed by atoms with van der Waals surface area (Å²) in [5.41, 5.74) is -0.664. The number of halogens is 3. The van der Waals surface area contributed by atoms with Crippen LogP contribution in [0.2, 0.25) is 0 Å². The fraction of sp³-hybridized carbons (Fsp3) is 0.889. The Balaban J connectivity index is 2.28. The molecule has 0 spiro atoms. The van der Waals surface area contributed by atoms with E-state index in [1.54, 1.807) is 6.92 Å². The summed E-state index contributed by atoms with van der Waals surface area (Å²) in [6.07, 6.45) is -3.75. The lowest BCUT2D eigenvalue weighted by Gasteiger charge is -2.22. The van der Waals surface area contributed by atoms with Crippen molar-refractivity contribution in [3.63, 3.8) is 0 Å². The molecule has 0 amide bonds. The maximum absolute atomic E-state index is 11.8. The van der Waals surface area contributed by atoms with Crippen LogP contribution in [0.1, 0.15) is 39.0 Å². The van der Waals surface area contributed by atoms with Gasteiger partial charge < -0.3 is 4.74 Å². The molecule has 0 aromatic rings. The molecule has 1 aliphatic heterocycles. The third-order valence-electron chi connectivity index (χ3n) is 2.38. The summed E-state index contributed by atoms with van der Waals surface area (Å²) in [6, 6.07) is 0. The zero-order chi connectivity index (χ0) is 10.8. The lowest BCUT2D eigenvalue weighted by molar-refractivity contribution is -0.149. The number of rotatable bonds is 3. The minimum atomic E-state index is -4.11. The normalized spacial score (nSPS) is 27.9. The summed E-state index contributed by atoms with van der Waals surface area (Å²) in [6.45, 7) is 1.69. The molecule has 0 aromatic carbocycles. The van der Waals surface area contributed by atoms with Gasteiger partial charge in [-0.2, -0.15) is 13.2 Å². The van der Waals surface area contributed by atoms with Gasteiger partial charge in [0.05, 0.1) is 0 Å². The van der Waals surface area contributed by atoms with Gasteiger partial charge in [0.2, 0.25) is 0 Å². The largest absolute Gasteiger partial charge is 0.459 e.